The minimum absolute atomic E-state index is 0.000699. The molecular weight excluding hydrogens is 421 g/mol. The number of H-pyrrole nitrogens is 1. The van der Waals surface area contributed by atoms with Gasteiger partial charge in [-0.1, -0.05) is 23.2 Å². The van der Waals surface area contributed by atoms with Gasteiger partial charge < -0.3 is 15.2 Å². The first-order valence-electron chi connectivity index (χ1n) is 10.8. The molecule has 0 unspecified atom stereocenters. The quantitative estimate of drug-likeness (QED) is 0.692. The van der Waals surface area contributed by atoms with Gasteiger partial charge in [0.1, 0.15) is 5.82 Å². The van der Waals surface area contributed by atoms with Crippen LogP contribution in [-0.4, -0.2) is 30.5 Å². The monoisotopic (exact) mass is 447 g/mol. The zero-order valence-corrected chi connectivity index (χ0v) is 18.5. The normalized spacial score (nSPS) is 17.9. The second kappa shape index (κ2) is 9.44. The van der Waals surface area contributed by atoms with Crippen LogP contribution in [0.2, 0.25) is 10.0 Å². The van der Waals surface area contributed by atoms with E-state index in [0.29, 0.717) is 37.5 Å². The molecule has 5 nitrogen and oxygen atoms in total. The summed E-state index contributed by atoms with van der Waals surface area (Å²) in [6, 6.07) is 5.79. The van der Waals surface area contributed by atoms with Crippen LogP contribution in [0.3, 0.4) is 0 Å². The van der Waals surface area contributed by atoms with Crippen LogP contribution in [0.25, 0.3) is 0 Å². The van der Waals surface area contributed by atoms with E-state index in [1.165, 1.54) is 0 Å². The van der Waals surface area contributed by atoms with Gasteiger partial charge in [-0.15, -0.1) is 0 Å². The number of hydrogen-bond acceptors (Lipinski definition) is 3. The molecule has 0 bridgehead atoms. The number of benzene rings is 1. The Kier molecular flexibility index (Phi) is 6.69. The van der Waals surface area contributed by atoms with E-state index in [1.807, 2.05) is 12.1 Å². The van der Waals surface area contributed by atoms with Gasteiger partial charge in [-0.05, 0) is 79.8 Å². The number of carbonyl (C=O) groups excluding carboxylic acids is 1. The van der Waals surface area contributed by atoms with E-state index in [1.54, 1.807) is 0 Å². The molecule has 1 aliphatic heterocycles. The Bertz CT molecular complexity index is 1000. The highest BCUT2D eigenvalue weighted by Gasteiger charge is 2.19. The maximum absolute atomic E-state index is 12.7. The van der Waals surface area contributed by atoms with Crippen LogP contribution >= 0.6 is 23.2 Å². The van der Waals surface area contributed by atoms with Crippen LogP contribution in [-0.2, 0) is 30.5 Å². The average Bonchev–Trinajstić information content (AvgIpc) is 2.73. The summed E-state index contributed by atoms with van der Waals surface area (Å²) < 4.78 is 0. The lowest BCUT2D eigenvalue weighted by atomic mass is 9.93. The number of nitrogens with one attached hydrogen (secondary N) is 2. The second-order valence-corrected chi connectivity index (χ2v) is 8.94. The van der Waals surface area contributed by atoms with E-state index in [-0.39, 0.29) is 11.5 Å². The Morgan fingerprint density at radius 2 is 1.47 bits per heavy atom. The molecule has 2 N–H and O–H groups in total. The number of pyridine rings is 1. The number of carbonyl (C=O) groups is 1. The van der Waals surface area contributed by atoms with E-state index >= 15 is 0 Å². The number of aromatic amines is 1. The number of fused-ring (bicyclic) bond motifs is 2. The van der Waals surface area contributed by atoms with Crippen molar-refractivity contribution in [3.8, 4) is 0 Å². The van der Waals surface area contributed by atoms with Gasteiger partial charge >= 0.3 is 0 Å². The van der Waals surface area contributed by atoms with Crippen molar-refractivity contribution in [2.75, 3.05) is 24.5 Å². The first-order valence-corrected chi connectivity index (χ1v) is 11.5. The van der Waals surface area contributed by atoms with Crippen molar-refractivity contribution in [3.63, 3.8) is 0 Å². The maximum atomic E-state index is 12.7. The smallest absolute Gasteiger partial charge is 0.252 e. The predicted molar refractivity (Wildman–Crippen MR) is 122 cm³/mol. The van der Waals surface area contributed by atoms with E-state index in [9.17, 15) is 9.59 Å². The minimum atomic E-state index is -0.000699. The standard InChI is InChI=1S/C23H27Cl2N3O2/c24-19-7-8-20(25)18-9-12-28(13-10-22(29)26-11-3-6-17(18)19)21-14-15-4-1-2-5-16(15)23(30)27-21/h7-8,14H,1-6,9-13H2,(H,26,29)(H,27,30). The number of hydrogen-bond donors (Lipinski definition) is 2. The molecule has 0 spiro atoms. The lowest BCUT2D eigenvalue weighted by Gasteiger charge is -2.27. The average molecular weight is 448 g/mol. The summed E-state index contributed by atoms with van der Waals surface area (Å²) in [5.74, 6) is 0.809. The van der Waals surface area contributed by atoms with Crippen molar-refractivity contribution in [3.05, 3.63) is 60.9 Å². The van der Waals surface area contributed by atoms with Crippen molar-refractivity contribution in [2.24, 2.45) is 0 Å². The van der Waals surface area contributed by atoms with Gasteiger partial charge in [0, 0.05) is 41.7 Å². The molecule has 2 heterocycles. The van der Waals surface area contributed by atoms with Gasteiger partial charge in [-0.25, -0.2) is 0 Å². The highest BCUT2D eigenvalue weighted by molar-refractivity contribution is 6.34. The van der Waals surface area contributed by atoms with E-state index < -0.39 is 0 Å². The molecule has 4 rings (SSSR count). The number of amides is 1. The van der Waals surface area contributed by atoms with Gasteiger partial charge in [0.25, 0.3) is 5.56 Å². The summed E-state index contributed by atoms with van der Waals surface area (Å²) in [5.41, 5.74) is 4.16. The van der Waals surface area contributed by atoms with Crippen LogP contribution in [0.1, 0.15) is 47.9 Å². The molecule has 0 saturated carbocycles. The van der Waals surface area contributed by atoms with E-state index in [2.05, 4.69) is 21.3 Å². The molecule has 2 aliphatic rings. The van der Waals surface area contributed by atoms with Crippen LogP contribution in [0, 0.1) is 0 Å². The molecule has 7 heteroatoms. The predicted octanol–water partition coefficient (Wildman–Crippen LogP) is 4.06. The van der Waals surface area contributed by atoms with Crippen molar-refractivity contribution < 1.29 is 4.79 Å². The molecule has 0 radical (unpaired) electrons. The third-order valence-electron chi connectivity index (χ3n) is 6.16. The van der Waals surface area contributed by atoms with Gasteiger partial charge in [0.15, 0.2) is 0 Å². The van der Waals surface area contributed by atoms with Crippen molar-refractivity contribution in [2.45, 2.75) is 51.4 Å². The van der Waals surface area contributed by atoms with Crippen molar-refractivity contribution in [1.29, 1.82) is 0 Å². The highest BCUT2D eigenvalue weighted by Crippen LogP contribution is 2.30. The molecule has 1 aromatic carbocycles. The third-order valence-corrected chi connectivity index (χ3v) is 6.87. The van der Waals surface area contributed by atoms with Crippen LogP contribution in [0.5, 0.6) is 0 Å². The zero-order valence-electron chi connectivity index (χ0n) is 17.0. The lowest BCUT2D eigenvalue weighted by molar-refractivity contribution is -0.120. The summed E-state index contributed by atoms with van der Waals surface area (Å²) in [4.78, 5) is 30.1. The molecule has 30 heavy (non-hydrogen) atoms. The Hall–Kier alpha value is -1.98. The second-order valence-electron chi connectivity index (χ2n) is 8.12. The fraction of sp³-hybridized carbons (Fsp3) is 0.478. The molecule has 0 fully saturated rings. The first-order chi connectivity index (χ1) is 14.5. The molecule has 0 saturated heterocycles. The van der Waals surface area contributed by atoms with Gasteiger partial charge in [0.05, 0.1) is 0 Å². The van der Waals surface area contributed by atoms with Crippen molar-refractivity contribution in [1.82, 2.24) is 10.3 Å². The van der Waals surface area contributed by atoms with Gasteiger partial charge in [-0.2, -0.15) is 0 Å². The van der Waals surface area contributed by atoms with E-state index in [0.717, 1.165) is 71.6 Å². The van der Waals surface area contributed by atoms with Gasteiger partial charge in [0.2, 0.25) is 5.91 Å². The lowest BCUT2D eigenvalue weighted by Crippen LogP contribution is -2.35. The maximum Gasteiger partial charge on any atom is 0.252 e. The Morgan fingerprint density at radius 3 is 2.27 bits per heavy atom. The van der Waals surface area contributed by atoms with Crippen LogP contribution in [0.15, 0.2) is 23.0 Å². The fourth-order valence-corrected chi connectivity index (χ4v) is 5.05. The molecule has 1 aliphatic carbocycles. The Labute approximate surface area is 186 Å². The Morgan fingerprint density at radius 1 is 0.800 bits per heavy atom. The first kappa shape index (κ1) is 21.3. The number of aromatic nitrogens is 1. The summed E-state index contributed by atoms with van der Waals surface area (Å²) in [7, 11) is 0. The zero-order chi connectivity index (χ0) is 21.1. The SMILES string of the molecule is O=C1CCN(c2cc3c(c(=O)[nH]2)CCCC3)CCc2c(Cl)ccc(Cl)c2CCCN1. The number of nitrogens with zero attached hydrogens (tertiary/aromatic N) is 1. The Balaban J connectivity index is 1.67. The van der Waals surface area contributed by atoms with E-state index in [4.69, 9.17) is 23.2 Å². The molecule has 1 aromatic heterocycles. The largest absolute Gasteiger partial charge is 0.357 e. The number of aryl methyl sites for hydroxylation is 1. The summed E-state index contributed by atoms with van der Waals surface area (Å²) in [6.07, 6.45) is 6.63. The topological polar surface area (TPSA) is 65.2 Å². The molecule has 2 aromatic rings. The summed E-state index contributed by atoms with van der Waals surface area (Å²) >= 11 is 13.0. The third kappa shape index (κ3) is 4.68. The van der Waals surface area contributed by atoms with Crippen LogP contribution < -0.4 is 15.8 Å². The molecular formula is C23H27Cl2N3O2. The number of rotatable bonds is 1. The summed E-state index contributed by atoms with van der Waals surface area (Å²) in [6.45, 7) is 1.79. The summed E-state index contributed by atoms with van der Waals surface area (Å²) in [5, 5.41) is 4.42. The number of halogens is 2. The van der Waals surface area contributed by atoms with Crippen molar-refractivity contribution >= 4 is 34.9 Å². The fourth-order valence-electron chi connectivity index (χ4n) is 4.50. The van der Waals surface area contributed by atoms with Gasteiger partial charge in [-0.3, -0.25) is 9.59 Å². The molecule has 1 amide bonds. The highest BCUT2D eigenvalue weighted by atomic mass is 35.5. The molecule has 0 atom stereocenters. The van der Waals surface area contributed by atoms with Crippen LogP contribution in [0.4, 0.5) is 5.82 Å². The molecule has 160 valence electrons. The number of anilines is 1. The minimum Gasteiger partial charge on any atom is -0.357 e.